The number of carbonyl (C=O) groups is 3. The smallest absolute Gasteiger partial charge is 0.252 e. The first-order chi connectivity index (χ1) is 15.0. The zero-order valence-corrected chi connectivity index (χ0v) is 17.9. The lowest BCUT2D eigenvalue weighted by Gasteiger charge is -2.39. The van der Waals surface area contributed by atoms with Crippen LogP contribution in [0.1, 0.15) is 36.0 Å². The van der Waals surface area contributed by atoms with E-state index in [2.05, 4.69) is 20.4 Å². The Balaban J connectivity index is 1.29. The van der Waals surface area contributed by atoms with Gasteiger partial charge in [0.05, 0.1) is 0 Å². The molecule has 3 aliphatic heterocycles. The highest BCUT2D eigenvalue weighted by Gasteiger charge is 2.28. The highest BCUT2D eigenvalue weighted by Crippen LogP contribution is 2.21. The third-order valence-electron chi connectivity index (χ3n) is 6.56. The summed E-state index contributed by atoms with van der Waals surface area (Å²) in [5.41, 5.74) is 1.55. The number of benzene rings is 1. The molecule has 4 rings (SSSR count). The van der Waals surface area contributed by atoms with Gasteiger partial charge in [-0.15, -0.1) is 0 Å². The first kappa shape index (κ1) is 21.7. The van der Waals surface area contributed by atoms with Crippen molar-refractivity contribution in [3.63, 3.8) is 0 Å². The number of hydrogen-bond donors (Lipinski definition) is 3. The molecular formula is C22H32N6O3. The molecule has 1 aromatic rings. The molecule has 0 aromatic heterocycles. The van der Waals surface area contributed by atoms with E-state index in [1.165, 1.54) is 12.8 Å². The van der Waals surface area contributed by atoms with Crippen molar-refractivity contribution in [3.8, 4) is 0 Å². The third kappa shape index (κ3) is 5.61. The van der Waals surface area contributed by atoms with Gasteiger partial charge >= 0.3 is 0 Å². The van der Waals surface area contributed by atoms with E-state index < -0.39 is 11.9 Å². The Morgan fingerprint density at radius 1 is 1.06 bits per heavy atom. The van der Waals surface area contributed by atoms with Crippen molar-refractivity contribution in [3.05, 3.63) is 29.8 Å². The van der Waals surface area contributed by atoms with Gasteiger partial charge in [-0.2, -0.15) is 0 Å². The molecule has 3 fully saturated rings. The van der Waals surface area contributed by atoms with E-state index in [0.29, 0.717) is 12.0 Å². The summed E-state index contributed by atoms with van der Waals surface area (Å²) in [6.45, 7) is 6.97. The number of piperazine rings is 1. The monoisotopic (exact) mass is 428 g/mol. The predicted octanol–water partition coefficient (Wildman–Crippen LogP) is -0.0707. The summed E-state index contributed by atoms with van der Waals surface area (Å²) in [5, 5.41) is 6.93. The molecule has 1 atom stereocenters. The van der Waals surface area contributed by atoms with Crippen molar-refractivity contribution in [2.24, 2.45) is 11.8 Å². The van der Waals surface area contributed by atoms with Gasteiger partial charge in [0.2, 0.25) is 11.8 Å². The van der Waals surface area contributed by atoms with Crippen LogP contribution in [0.3, 0.4) is 0 Å². The number of imide groups is 1. The van der Waals surface area contributed by atoms with Gasteiger partial charge in [-0.05, 0) is 43.4 Å². The van der Waals surface area contributed by atoms with Crippen molar-refractivity contribution >= 4 is 23.4 Å². The molecule has 9 heteroatoms. The van der Waals surface area contributed by atoms with E-state index >= 15 is 0 Å². The van der Waals surface area contributed by atoms with Gasteiger partial charge in [0.15, 0.2) is 0 Å². The maximum absolute atomic E-state index is 12.7. The lowest BCUT2D eigenvalue weighted by Crippen LogP contribution is -2.52. The first-order valence-electron chi connectivity index (χ1n) is 11.2. The highest BCUT2D eigenvalue weighted by atomic mass is 16.2. The van der Waals surface area contributed by atoms with E-state index in [1.807, 2.05) is 23.2 Å². The number of anilines is 1. The van der Waals surface area contributed by atoms with Crippen LogP contribution in [0.2, 0.25) is 0 Å². The molecule has 31 heavy (non-hydrogen) atoms. The standard InChI is InChI=1S/C22H32N6O3/c23-28-8-6-16(7-9-28)15-26-10-12-27(13-11-26)18-3-1-2-17(14-18)21(30)24-19-4-5-20(29)25-22(19)31/h1-3,14,16,19H,4-13,15,23H2,(H,24,30)(H,25,29,31). The number of nitrogens with zero attached hydrogens (tertiary/aromatic N) is 3. The summed E-state index contributed by atoms with van der Waals surface area (Å²) < 4.78 is 0. The molecule has 3 heterocycles. The molecule has 0 saturated carbocycles. The Hall–Kier alpha value is -2.49. The second-order valence-electron chi connectivity index (χ2n) is 8.79. The van der Waals surface area contributed by atoms with Crippen LogP contribution in [0, 0.1) is 5.92 Å². The molecule has 3 saturated heterocycles. The average molecular weight is 429 g/mol. The topological polar surface area (TPSA) is 111 Å². The number of hydrazine groups is 1. The minimum atomic E-state index is -0.663. The molecule has 168 valence electrons. The molecule has 0 aliphatic carbocycles. The largest absolute Gasteiger partial charge is 0.369 e. The third-order valence-corrected chi connectivity index (χ3v) is 6.56. The summed E-state index contributed by atoms with van der Waals surface area (Å²) in [6.07, 6.45) is 2.91. The van der Waals surface area contributed by atoms with Gasteiger partial charge in [-0.1, -0.05) is 6.07 Å². The Morgan fingerprint density at radius 2 is 1.81 bits per heavy atom. The van der Waals surface area contributed by atoms with Crippen molar-refractivity contribution in [1.29, 1.82) is 0 Å². The molecule has 0 spiro atoms. The SMILES string of the molecule is NN1CCC(CN2CCN(c3cccc(C(=O)NC4CCC(=O)NC4=O)c3)CC2)CC1. The zero-order chi connectivity index (χ0) is 21.8. The summed E-state index contributed by atoms with van der Waals surface area (Å²) in [7, 11) is 0. The Bertz CT molecular complexity index is 815. The zero-order valence-electron chi connectivity index (χ0n) is 17.9. The Kier molecular flexibility index (Phi) is 6.84. The number of nitrogens with one attached hydrogen (secondary N) is 2. The van der Waals surface area contributed by atoms with Crippen LogP contribution < -0.4 is 21.4 Å². The fourth-order valence-electron chi connectivity index (χ4n) is 4.61. The molecule has 1 unspecified atom stereocenters. The van der Waals surface area contributed by atoms with E-state index in [4.69, 9.17) is 5.84 Å². The van der Waals surface area contributed by atoms with Gasteiger partial charge in [0.25, 0.3) is 5.91 Å². The minimum Gasteiger partial charge on any atom is -0.369 e. The second-order valence-corrected chi connectivity index (χ2v) is 8.79. The van der Waals surface area contributed by atoms with E-state index in [9.17, 15) is 14.4 Å². The maximum Gasteiger partial charge on any atom is 0.252 e. The number of carbonyl (C=O) groups excluding carboxylic acids is 3. The highest BCUT2D eigenvalue weighted by molar-refractivity contribution is 6.04. The van der Waals surface area contributed by atoms with Crippen LogP contribution in [0.4, 0.5) is 5.69 Å². The van der Waals surface area contributed by atoms with Crippen molar-refractivity contribution in [2.45, 2.75) is 31.7 Å². The Labute approximate surface area is 182 Å². The Morgan fingerprint density at radius 3 is 2.52 bits per heavy atom. The van der Waals surface area contributed by atoms with Gasteiger partial charge in [-0.3, -0.25) is 30.4 Å². The summed E-state index contributed by atoms with van der Waals surface area (Å²) >= 11 is 0. The van der Waals surface area contributed by atoms with E-state index in [1.54, 1.807) is 6.07 Å². The lowest BCUT2D eigenvalue weighted by molar-refractivity contribution is -0.134. The molecule has 0 radical (unpaired) electrons. The van der Waals surface area contributed by atoms with Crippen LogP contribution in [0.25, 0.3) is 0 Å². The van der Waals surface area contributed by atoms with Crippen molar-refractivity contribution in [1.82, 2.24) is 20.5 Å². The summed E-state index contributed by atoms with van der Waals surface area (Å²) in [5.74, 6) is 5.57. The molecule has 1 aromatic carbocycles. The minimum absolute atomic E-state index is 0.242. The van der Waals surface area contributed by atoms with Gasteiger partial charge in [0.1, 0.15) is 6.04 Å². The fourth-order valence-corrected chi connectivity index (χ4v) is 4.61. The van der Waals surface area contributed by atoms with E-state index in [-0.39, 0.29) is 18.2 Å². The maximum atomic E-state index is 12.7. The van der Waals surface area contributed by atoms with E-state index in [0.717, 1.165) is 57.4 Å². The molecule has 3 amide bonds. The van der Waals surface area contributed by atoms with Crippen LogP contribution in [-0.2, 0) is 9.59 Å². The first-order valence-corrected chi connectivity index (χ1v) is 11.2. The number of nitrogens with two attached hydrogens (primary N) is 1. The fraction of sp³-hybridized carbons (Fsp3) is 0.591. The molecule has 9 nitrogen and oxygen atoms in total. The number of rotatable bonds is 5. The van der Waals surface area contributed by atoms with Crippen molar-refractivity contribution in [2.75, 3.05) is 50.7 Å². The molecule has 0 bridgehead atoms. The van der Waals surface area contributed by atoms with Crippen LogP contribution in [0.5, 0.6) is 0 Å². The number of hydrogen-bond acceptors (Lipinski definition) is 7. The summed E-state index contributed by atoms with van der Waals surface area (Å²) in [4.78, 5) is 40.7. The quantitative estimate of drug-likeness (QED) is 0.445. The average Bonchev–Trinajstić information content (AvgIpc) is 2.78. The molecule has 4 N–H and O–H groups in total. The van der Waals surface area contributed by atoms with Crippen LogP contribution >= 0.6 is 0 Å². The van der Waals surface area contributed by atoms with Gasteiger partial charge in [-0.25, -0.2) is 5.01 Å². The lowest BCUT2D eigenvalue weighted by atomic mass is 9.97. The summed E-state index contributed by atoms with van der Waals surface area (Å²) in [6, 6.07) is 6.87. The molecule has 3 aliphatic rings. The van der Waals surface area contributed by atoms with Crippen molar-refractivity contribution < 1.29 is 14.4 Å². The van der Waals surface area contributed by atoms with Gasteiger partial charge in [0, 0.05) is 63.5 Å². The normalized spacial score (nSPS) is 24.2. The molecular weight excluding hydrogens is 396 g/mol. The second kappa shape index (κ2) is 9.76. The van der Waals surface area contributed by atoms with Crippen LogP contribution in [0.15, 0.2) is 24.3 Å². The number of amides is 3. The predicted molar refractivity (Wildman–Crippen MR) is 117 cm³/mol. The number of piperidine rings is 2. The van der Waals surface area contributed by atoms with Gasteiger partial charge < -0.3 is 10.2 Å². The van der Waals surface area contributed by atoms with Crippen LogP contribution in [-0.4, -0.2) is 79.5 Å².